The number of rotatable bonds is 0. The molecule has 0 aliphatic carbocycles. The van der Waals surface area contributed by atoms with Crippen molar-refractivity contribution >= 4 is 14.7 Å². The van der Waals surface area contributed by atoms with Crippen LogP contribution in [0.5, 0.6) is 0 Å². The summed E-state index contributed by atoms with van der Waals surface area (Å²) in [4.78, 5) is 0. The Bertz CT molecular complexity index is 145. The molecule has 0 spiro atoms. The summed E-state index contributed by atoms with van der Waals surface area (Å²) in [6, 6.07) is 0. The number of aromatic nitrogens is 2. The minimum absolute atomic E-state index is 0.778. The van der Waals surface area contributed by atoms with Crippen LogP contribution in [-0.2, 0) is 0 Å². The van der Waals surface area contributed by atoms with E-state index < -0.39 is 0 Å². The Kier molecular flexibility index (Phi) is 1.07. The molecule has 0 saturated carbocycles. The monoisotopic (exact) mass is 116 g/mol. The van der Waals surface area contributed by atoms with Crippen LogP contribution in [0.1, 0.15) is 5.69 Å². The van der Waals surface area contributed by atoms with Gasteiger partial charge >= 0.3 is 0 Å². The molecule has 0 N–H and O–H groups in total. The van der Waals surface area contributed by atoms with Crippen molar-refractivity contribution < 1.29 is 4.63 Å². The Hall–Kier alpha value is -0.430. The van der Waals surface area contributed by atoms with Gasteiger partial charge in [0.2, 0.25) is 0 Å². The summed E-state index contributed by atoms with van der Waals surface area (Å²) in [6.07, 6.45) is 0. The van der Waals surface area contributed by atoms with Crippen LogP contribution >= 0.6 is 9.24 Å². The molecule has 1 aromatic heterocycles. The Labute approximate surface area is 43.3 Å². The van der Waals surface area contributed by atoms with Gasteiger partial charge in [0.15, 0.2) is 0 Å². The van der Waals surface area contributed by atoms with Crippen LogP contribution in [-0.4, -0.2) is 10.3 Å². The second-order valence-corrected chi connectivity index (χ2v) is 1.78. The average Bonchev–Trinajstić information content (AvgIpc) is 1.91. The largest absolute Gasteiger partial charge is 0.244 e. The predicted octanol–water partition coefficient (Wildman–Crippen LogP) is -0.122. The van der Waals surface area contributed by atoms with Gasteiger partial charge in [-0.2, -0.15) is 0 Å². The molecule has 7 heavy (non-hydrogen) atoms. The Morgan fingerprint density at radius 3 is 2.43 bits per heavy atom. The average molecular weight is 116 g/mol. The van der Waals surface area contributed by atoms with Gasteiger partial charge in [-0.25, -0.2) is 4.63 Å². The highest BCUT2D eigenvalue weighted by atomic mass is 31.0. The Morgan fingerprint density at radius 1 is 1.57 bits per heavy atom. The zero-order valence-corrected chi connectivity index (χ0v) is 5.03. The van der Waals surface area contributed by atoms with Crippen LogP contribution in [0.15, 0.2) is 4.63 Å². The van der Waals surface area contributed by atoms with Crippen LogP contribution in [0.25, 0.3) is 0 Å². The van der Waals surface area contributed by atoms with E-state index in [1.165, 1.54) is 0 Å². The van der Waals surface area contributed by atoms with E-state index in [0.717, 1.165) is 11.1 Å². The fourth-order valence-corrected chi connectivity index (χ4v) is 0.338. The Morgan fingerprint density at radius 2 is 2.29 bits per heavy atom. The molecule has 0 fully saturated rings. The molecule has 0 aliphatic heterocycles. The number of hydrogen-bond acceptors (Lipinski definition) is 3. The maximum atomic E-state index is 4.32. The summed E-state index contributed by atoms with van der Waals surface area (Å²) in [5, 5.41) is 7.00. The summed E-state index contributed by atoms with van der Waals surface area (Å²) in [6.45, 7) is 1.83. The van der Waals surface area contributed by atoms with E-state index in [1.54, 1.807) is 0 Å². The van der Waals surface area contributed by atoms with Crippen molar-refractivity contribution in [3.63, 3.8) is 0 Å². The topological polar surface area (TPSA) is 38.9 Å². The van der Waals surface area contributed by atoms with E-state index in [4.69, 9.17) is 0 Å². The van der Waals surface area contributed by atoms with E-state index in [1.807, 2.05) is 6.92 Å². The Balaban J connectivity index is 3.12. The summed E-state index contributed by atoms with van der Waals surface area (Å²) in [7, 11) is 2.41. The summed E-state index contributed by atoms with van der Waals surface area (Å²) < 4.78 is 4.32. The van der Waals surface area contributed by atoms with Crippen molar-refractivity contribution in [3.05, 3.63) is 5.69 Å². The molecule has 1 rings (SSSR count). The lowest BCUT2D eigenvalue weighted by Crippen LogP contribution is -1.92. The third-order valence-corrected chi connectivity index (χ3v) is 1.21. The maximum absolute atomic E-state index is 4.32. The molecular weight excluding hydrogens is 111 g/mol. The molecule has 0 aromatic carbocycles. The first-order chi connectivity index (χ1) is 3.30. The number of aryl methyl sites for hydroxylation is 1. The number of nitrogens with zero attached hydrogens (tertiary/aromatic N) is 2. The van der Waals surface area contributed by atoms with Crippen LogP contribution in [0.3, 0.4) is 0 Å². The normalized spacial score (nSPS) is 9.43. The highest BCUT2D eigenvalue weighted by Gasteiger charge is 1.93. The van der Waals surface area contributed by atoms with Crippen LogP contribution in [0.2, 0.25) is 0 Å². The van der Waals surface area contributed by atoms with Gasteiger partial charge in [0.25, 0.3) is 0 Å². The SMILES string of the molecule is Cc1nonc1P. The van der Waals surface area contributed by atoms with Gasteiger partial charge in [0.1, 0.15) is 11.1 Å². The van der Waals surface area contributed by atoms with Crippen molar-refractivity contribution in [2.75, 3.05) is 0 Å². The molecule has 0 radical (unpaired) electrons. The highest BCUT2D eigenvalue weighted by molar-refractivity contribution is 7.27. The third-order valence-electron chi connectivity index (χ3n) is 0.688. The standard InChI is InChI=1S/C3H5N2OP/c1-2-3(7)5-6-4-2/h7H2,1H3. The van der Waals surface area contributed by atoms with E-state index >= 15 is 0 Å². The fourth-order valence-electron chi connectivity index (χ4n) is 0.238. The zero-order valence-electron chi connectivity index (χ0n) is 3.88. The zero-order chi connectivity index (χ0) is 5.28. The van der Waals surface area contributed by atoms with Gasteiger partial charge in [-0.15, -0.1) is 0 Å². The van der Waals surface area contributed by atoms with Gasteiger partial charge in [-0.3, -0.25) is 0 Å². The van der Waals surface area contributed by atoms with Gasteiger partial charge in [0.05, 0.1) is 0 Å². The van der Waals surface area contributed by atoms with E-state index in [0.29, 0.717) is 0 Å². The molecular formula is C3H5N2OP. The molecule has 0 aliphatic rings. The van der Waals surface area contributed by atoms with Gasteiger partial charge in [-0.05, 0) is 6.92 Å². The minimum atomic E-state index is 0.778. The summed E-state index contributed by atoms with van der Waals surface area (Å²) >= 11 is 0. The van der Waals surface area contributed by atoms with Crippen molar-refractivity contribution in [1.29, 1.82) is 0 Å². The second-order valence-electron chi connectivity index (χ2n) is 1.23. The molecule has 1 atom stereocenters. The minimum Gasteiger partial charge on any atom is -0.244 e. The van der Waals surface area contributed by atoms with Crippen LogP contribution in [0, 0.1) is 6.92 Å². The van der Waals surface area contributed by atoms with E-state index in [2.05, 4.69) is 24.2 Å². The van der Waals surface area contributed by atoms with Gasteiger partial charge < -0.3 is 0 Å². The van der Waals surface area contributed by atoms with Crippen molar-refractivity contribution in [1.82, 2.24) is 10.3 Å². The molecule has 1 aromatic rings. The van der Waals surface area contributed by atoms with Gasteiger partial charge in [-0.1, -0.05) is 19.6 Å². The molecule has 0 amide bonds. The van der Waals surface area contributed by atoms with Gasteiger partial charge in [0, 0.05) is 0 Å². The van der Waals surface area contributed by atoms with E-state index in [-0.39, 0.29) is 0 Å². The van der Waals surface area contributed by atoms with Crippen molar-refractivity contribution in [3.8, 4) is 0 Å². The molecule has 1 unspecified atom stereocenters. The second kappa shape index (κ2) is 1.58. The third kappa shape index (κ3) is 0.775. The molecule has 38 valence electrons. The van der Waals surface area contributed by atoms with E-state index in [9.17, 15) is 0 Å². The van der Waals surface area contributed by atoms with Crippen molar-refractivity contribution in [2.24, 2.45) is 0 Å². The number of hydrogen-bond donors (Lipinski definition) is 0. The first kappa shape index (κ1) is 4.72. The van der Waals surface area contributed by atoms with Crippen LogP contribution in [0.4, 0.5) is 0 Å². The molecule has 3 nitrogen and oxygen atoms in total. The first-order valence-electron chi connectivity index (χ1n) is 1.85. The van der Waals surface area contributed by atoms with Crippen LogP contribution < -0.4 is 5.44 Å². The quantitative estimate of drug-likeness (QED) is 0.443. The lowest BCUT2D eigenvalue weighted by molar-refractivity contribution is 0.307. The summed E-state index contributed by atoms with van der Waals surface area (Å²) in [5.74, 6) is 0. The lowest BCUT2D eigenvalue weighted by atomic mass is 10.6. The summed E-state index contributed by atoms with van der Waals surface area (Å²) in [5.41, 5.74) is 1.60. The molecule has 4 heteroatoms. The molecule has 0 bridgehead atoms. The molecule has 1 heterocycles. The van der Waals surface area contributed by atoms with Crippen molar-refractivity contribution in [2.45, 2.75) is 6.92 Å². The fraction of sp³-hybridized carbons (Fsp3) is 0.333. The lowest BCUT2D eigenvalue weighted by Gasteiger charge is -1.71. The highest BCUT2D eigenvalue weighted by Crippen LogP contribution is 1.87. The predicted molar refractivity (Wildman–Crippen MR) is 28.4 cm³/mol. The maximum Gasteiger partial charge on any atom is 0.124 e. The molecule has 0 saturated heterocycles. The first-order valence-corrected chi connectivity index (χ1v) is 2.43. The smallest absolute Gasteiger partial charge is 0.124 e.